The number of rotatable bonds is 4. The van der Waals surface area contributed by atoms with Crippen molar-refractivity contribution in [2.24, 2.45) is 0 Å². The van der Waals surface area contributed by atoms with Gasteiger partial charge in [0.05, 0.1) is 12.0 Å². The van der Waals surface area contributed by atoms with Crippen LogP contribution in [0, 0.1) is 13.8 Å². The molecule has 2 amide bonds. The Labute approximate surface area is 118 Å². The van der Waals surface area contributed by atoms with Gasteiger partial charge in [-0.15, -0.1) is 0 Å². The van der Waals surface area contributed by atoms with Gasteiger partial charge < -0.3 is 15.7 Å². The first kappa shape index (κ1) is 14.4. The van der Waals surface area contributed by atoms with Crippen LogP contribution in [0.25, 0.3) is 0 Å². The molecule has 1 saturated carbocycles. The smallest absolute Gasteiger partial charge is 0.319 e. The van der Waals surface area contributed by atoms with Crippen LogP contribution in [-0.2, 0) is 4.79 Å². The van der Waals surface area contributed by atoms with Crippen molar-refractivity contribution in [3.8, 4) is 0 Å². The molecule has 3 N–H and O–H groups in total. The molecule has 0 atom stereocenters. The first-order valence-corrected chi connectivity index (χ1v) is 6.78. The summed E-state index contributed by atoms with van der Waals surface area (Å²) < 4.78 is 0. The summed E-state index contributed by atoms with van der Waals surface area (Å²) in [6.07, 6.45) is 2.38. The molecule has 1 aliphatic carbocycles. The van der Waals surface area contributed by atoms with Gasteiger partial charge in [0.25, 0.3) is 0 Å². The van der Waals surface area contributed by atoms with E-state index in [9.17, 15) is 9.59 Å². The molecule has 1 aliphatic rings. The number of urea groups is 1. The van der Waals surface area contributed by atoms with Gasteiger partial charge in [0.15, 0.2) is 0 Å². The molecule has 5 nitrogen and oxygen atoms in total. The Morgan fingerprint density at radius 3 is 2.25 bits per heavy atom. The van der Waals surface area contributed by atoms with Crippen LogP contribution in [0.5, 0.6) is 0 Å². The van der Waals surface area contributed by atoms with E-state index in [4.69, 9.17) is 5.11 Å². The summed E-state index contributed by atoms with van der Waals surface area (Å²) in [5, 5.41) is 14.5. The maximum absolute atomic E-state index is 12.0. The average molecular weight is 276 g/mol. The fraction of sp³-hybridized carbons (Fsp3) is 0.467. The van der Waals surface area contributed by atoms with Crippen LogP contribution in [0.2, 0.25) is 0 Å². The summed E-state index contributed by atoms with van der Waals surface area (Å²) in [7, 11) is 0. The highest BCUT2D eigenvalue weighted by molar-refractivity contribution is 5.90. The van der Waals surface area contributed by atoms with E-state index in [2.05, 4.69) is 10.6 Å². The largest absolute Gasteiger partial charge is 0.481 e. The van der Waals surface area contributed by atoms with E-state index in [-0.39, 0.29) is 12.5 Å². The SMILES string of the molecule is Cc1cc(C)cc(NC(=O)NC2(CC(=O)O)CCC2)c1. The molecule has 1 aromatic rings. The minimum atomic E-state index is -0.878. The number of aliphatic carboxylic acids is 1. The number of benzene rings is 1. The third-order valence-corrected chi connectivity index (χ3v) is 3.66. The van der Waals surface area contributed by atoms with Crippen molar-refractivity contribution in [1.29, 1.82) is 0 Å². The Balaban J connectivity index is 1.99. The predicted molar refractivity (Wildman–Crippen MR) is 76.9 cm³/mol. The molecule has 5 heteroatoms. The van der Waals surface area contributed by atoms with Gasteiger partial charge in [0.1, 0.15) is 0 Å². The number of carbonyl (C=O) groups excluding carboxylic acids is 1. The lowest BCUT2D eigenvalue weighted by Crippen LogP contribution is -2.55. The summed E-state index contributed by atoms with van der Waals surface area (Å²) in [5.74, 6) is -0.878. The fourth-order valence-electron chi connectivity index (χ4n) is 2.69. The van der Waals surface area contributed by atoms with E-state index in [1.165, 1.54) is 0 Å². The van der Waals surface area contributed by atoms with Crippen molar-refractivity contribution in [2.75, 3.05) is 5.32 Å². The van der Waals surface area contributed by atoms with Gasteiger partial charge in [-0.05, 0) is 56.4 Å². The third-order valence-electron chi connectivity index (χ3n) is 3.66. The van der Waals surface area contributed by atoms with Crippen LogP contribution in [0.1, 0.15) is 36.8 Å². The molecule has 0 heterocycles. The van der Waals surface area contributed by atoms with Crippen molar-refractivity contribution in [3.63, 3.8) is 0 Å². The van der Waals surface area contributed by atoms with Crippen molar-refractivity contribution < 1.29 is 14.7 Å². The maximum atomic E-state index is 12.0. The third kappa shape index (κ3) is 3.50. The highest BCUT2D eigenvalue weighted by Crippen LogP contribution is 2.35. The van der Waals surface area contributed by atoms with Gasteiger partial charge in [-0.1, -0.05) is 6.07 Å². The number of amides is 2. The summed E-state index contributed by atoms with van der Waals surface area (Å²) in [6.45, 7) is 3.93. The topological polar surface area (TPSA) is 78.4 Å². The first-order valence-electron chi connectivity index (χ1n) is 6.78. The minimum absolute atomic E-state index is 0.0206. The van der Waals surface area contributed by atoms with Crippen LogP contribution in [0.15, 0.2) is 18.2 Å². The second-order valence-corrected chi connectivity index (χ2v) is 5.66. The molecule has 1 fully saturated rings. The van der Waals surface area contributed by atoms with Crippen molar-refractivity contribution in [2.45, 2.75) is 45.1 Å². The van der Waals surface area contributed by atoms with Gasteiger partial charge in [0, 0.05) is 5.69 Å². The molecular formula is C15H20N2O3. The maximum Gasteiger partial charge on any atom is 0.319 e. The van der Waals surface area contributed by atoms with E-state index in [1.54, 1.807) is 0 Å². The summed E-state index contributed by atoms with van der Waals surface area (Å²) in [5.41, 5.74) is 2.30. The normalized spacial score (nSPS) is 16.1. The molecule has 0 unspecified atom stereocenters. The van der Waals surface area contributed by atoms with Crippen molar-refractivity contribution in [1.82, 2.24) is 5.32 Å². The quantitative estimate of drug-likeness (QED) is 0.791. The zero-order valence-electron chi connectivity index (χ0n) is 11.8. The van der Waals surface area contributed by atoms with Gasteiger partial charge >= 0.3 is 12.0 Å². The minimum Gasteiger partial charge on any atom is -0.481 e. The molecule has 0 radical (unpaired) electrons. The molecule has 1 aromatic carbocycles. The highest BCUT2D eigenvalue weighted by Gasteiger charge is 2.40. The molecule has 0 saturated heterocycles. The van der Waals surface area contributed by atoms with Crippen LogP contribution in [0.4, 0.5) is 10.5 Å². The molecule has 0 bridgehead atoms. The lowest BCUT2D eigenvalue weighted by atomic mass is 9.74. The molecule has 20 heavy (non-hydrogen) atoms. The average Bonchev–Trinajstić information content (AvgIpc) is 2.23. The number of hydrogen-bond acceptors (Lipinski definition) is 2. The lowest BCUT2D eigenvalue weighted by Gasteiger charge is -2.41. The van der Waals surface area contributed by atoms with E-state index in [1.807, 2.05) is 32.0 Å². The molecule has 0 aromatic heterocycles. The molecule has 2 rings (SSSR count). The van der Waals surface area contributed by atoms with Crippen LogP contribution < -0.4 is 10.6 Å². The number of hydrogen-bond donors (Lipinski definition) is 3. The van der Waals surface area contributed by atoms with Crippen LogP contribution >= 0.6 is 0 Å². The fourth-order valence-corrected chi connectivity index (χ4v) is 2.69. The number of carboxylic acid groups (broad SMARTS) is 1. The molecular weight excluding hydrogens is 256 g/mol. The zero-order chi connectivity index (χ0) is 14.8. The summed E-state index contributed by atoms with van der Waals surface area (Å²) in [4.78, 5) is 22.9. The number of nitrogens with one attached hydrogen (secondary N) is 2. The second-order valence-electron chi connectivity index (χ2n) is 5.66. The monoisotopic (exact) mass is 276 g/mol. The van der Waals surface area contributed by atoms with Crippen LogP contribution in [0.3, 0.4) is 0 Å². The molecule has 0 aliphatic heterocycles. The van der Waals surface area contributed by atoms with Gasteiger partial charge in [-0.25, -0.2) is 4.79 Å². The number of carboxylic acids is 1. The van der Waals surface area contributed by atoms with E-state index in [0.29, 0.717) is 0 Å². The van der Waals surface area contributed by atoms with E-state index in [0.717, 1.165) is 36.1 Å². The molecule has 108 valence electrons. The van der Waals surface area contributed by atoms with Gasteiger partial charge in [0.2, 0.25) is 0 Å². The Hall–Kier alpha value is -2.04. The Morgan fingerprint density at radius 2 is 1.80 bits per heavy atom. The zero-order valence-corrected chi connectivity index (χ0v) is 11.8. The van der Waals surface area contributed by atoms with Gasteiger partial charge in [-0.3, -0.25) is 4.79 Å². The standard InChI is InChI=1S/C15H20N2O3/c1-10-6-11(2)8-12(7-10)16-14(20)17-15(4-3-5-15)9-13(18)19/h6-8H,3-5,9H2,1-2H3,(H,18,19)(H2,16,17,20). The Bertz CT molecular complexity index is 516. The van der Waals surface area contributed by atoms with Crippen molar-refractivity contribution in [3.05, 3.63) is 29.3 Å². The van der Waals surface area contributed by atoms with E-state index >= 15 is 0 Å². The number of carbonyl (C=O) groups is 2. The second kappa shape index (κ2) is 5.53. The van der Waals surface area contributed by atoms with Crippen LogP contribution in [-0.4, -0.2) is 22.6 Å². The van der Waals surface area contributed by atoms with Crippen molar-refractivity contribution >= 4 is 17.7 Å². The number of anilines is 1. The highest BCUT2D eigenvalue weighted by atomic mass is 16.4. The first-order chi connectivity index (χ1) is 9.38. The Morgan fingerprint density at radius 1 is 1.20 bits per heavy atom. The number of aryl methyl sites for hydroxylation is 2. The van der Waals surface area contributed by atoms with Gasteiger partial charge in [-0.2, -0.15) is 0 Å². The summed E-state index contributed by atoms with van der Waals surface area (Å²) >= 11 is 0. The van der Waals surface area contributed by atoms with E-state index < -0.39 is 11.5 Å². The molecule has 0 spiro atoms. The lowest BCUT2D eigenvalue weighted by molar-refractivity contribution is -0.139. The Kier molecular flexibility index (Phi) is 3.97. The predicted octanol–water partition coefficient (Wildman–Crippen LogP) is 2.82. The summed E-state index contributed by atoms with van der Waals surface area (Å²) in [6, 6.07) is 5.46.